The lowest BCUT2D eigenvalue weighted by Crippen LogP contribution is -2.47. The third kappa shape index (κ3) is 4.13. The summed E-state index contributed by atoms with van der Waals surface area (Å²) in [4.78, 5) is 17.2. The fourth-order valence-electron chi connectivity index (χ4n) is 3.41. The zero-order chi connectivity index (χ0) is 18.2. The molecule has 0 spiro atoms. The van der Waals surface area contributed by atoms with E-state index in [0.717, 1.165) is 12.3 Å². The summed E-state index contributed by atoms with van der Waals surface area (Å²) in [6.45, 7) is 1.35. The summed E-state index contributed by atoms with van der Waals surface area (Å²) in [6.07, 6.45) is 2.07. The first-order chi connectivity index (χ1) is 11.7. The molecule has 1 aromatic heterocycles. The van der Waals surface area contributed by atoms with Gasteiger partial charge in [-0.15, -0.1) is 0 Å². The van der Waals surface area contributed by atoms with Crippen LogP contribution in [0.5, 0.6) is 0 Å². The molecule has 1 N–H and O–H groups in total. The predicted octanol–water partition coefficient (Wildman–Crippen LogP) is 0.386. The van der Waals surface area contributed by atoms with E-state index in [9.17, 15) is 22.0 Å². The highest BCUT2D eigenvalue weighted by Gasteiger charge is 2.42. The van der Waals surface area contributed by atoms with Gasteiger partial charge in [0.15, 0.2) is 5.82 Å². The van der Waals surface area contributed by atoms with E-state index in [4.69, 9.17) is 4.74 Å². The van der Waals surface area contributed by atoms with Crippen LogP contribution in [0.15, 0.2) is 12.3 Å². The molecule has 3 atom stereocenters. The van der Waals surface area contributed by atoms with Crippen LogP contribution in [0.3, 0.4) is 0 Å². The third-order valence-corrected chi connectivity index (χ3v) is 5.39. The monoisotopic (exact) mass is 375 g/mol. The standard InChI is InChI=1S/C15H19F2N3O4S/c1-25(22,23)19-6-13-11-7-20(3-2-9(11)8-24-13)15(21)10-4-14(17)18-5-12(10)16/h4-5,9,11,13,19H,2-3,6-8H2,1H3/t9-,11-,13+/m0/s1. The van der Waals surface area contributed by atoms with Gasteiger partial charge in [-0.3, -0.25) is 4.79 Å². The number of ether oxygens (including phenoxy) is 1. The molecule has 0 saturated carbocycles. The van der Waals surface area contributed by atoms with E-state index in [0.29, 0.717) is 32.3 Å². The van der Waals surface area contributed by atoms with Crippen molar-refractivity contribution in [1.82, 2.24) is 14.6 Å². The zero-order valence-corrected chi connectivity index (χ0v) is 14.4. The molecule has 0 aliphatic carbocycles. The number of fused-ring (bicyclic) bond motifs is 1. The van der Waals surface area contributed by atoms with Crippen molar-refractivity contribution in [3.63, 3.8) is 0 Å². The van der Waals surface area contributed by atoms with Gasteiger partial charge in [-0.25, -0.2) is 22.5 Å². The average molecular weight is 375 g/mol. The Kier molecular flexibility index (Phi) is 5.03. The van der Waals surface area contributed by atoms with E-state index in [1.54, 1.807) is 0 Å². The van der Waals surface area contributed by atoms with Gasteiger partial charge in [0.1, 0.15) is 0 Å². The number of aromatic nitrogens is 1. The fraction of sp³-hybridized carbons (Fsp3) is 0.600. The molecule has 0 unspecified atom stereocenters. The molecular weight excluding hydrogens is 356 g/mol. The second-order valence-corrected chi connectivity index (χ2v) is 8.28. The van der Waals surface area contributed by atoms with E-state index in [1.807, 2.05) is 0 Å². The number of piperidine rings is 1. The van der Waals surface area contributed by atoms with Crippen molar-refractivity contribution in [2.45, 2.75) is 12.5 Å². The summed E-state index contributed by atoms with van der Waals surface area (Å²) in [5.74, 6) is -2.22. The Labute approximate surface area is 144 Å². The van der Waals surface area contributed by atoms with Gasteiger partial charge in [0.25, 0.3) is 5.91 Å². The molecule has 3 rings (SSSR count). The largest absolute Gasteiger partial charge is 0.376 e. The maximum Gasteiger partial charge on any atom is 0.257 e. The normalized spacial score (nSPS) is 26.5. The molecule has 0 aromatic carbocycles. The molecule has 0 bridgehead atoms. The minimum atomic E-state index is -3.34. The summed E-state index contributed by atoms with van der Waals surface area (Å²) >= 11 is 0. The Morgan fingerprint density at radius 1 is 1.48 bits per heavy atom. The lowest BCUT2D eigenvalue weighted by molar-refractivity contribution is 0.0558. The van der Waals surface area contributed by atoms with Crippen molar-refractivity contribution in [3.8, 4) is 0 Å². The van der Waals surface area contributed by atoms with Gasteiger partial charge in [0, 0.05) is 31.6 Å². The SMILES string of the molecule is CS(=O)(=O)NC[C@H]1OC[C@@H]2CCN(C(=O)c3cc(F)ncc3F)C[C@@H]21. The predicted molar refractivity (Wildman–Crippen MR) is 84.2 cm³/mol. The van der Waals surface area contributed by atoms with Crippen LogP contribution in [0.4, 0.5) is 8.78 Å². The number of rotatable bonds is 4. The Balaban J connectivity index is 1.71. The molecule has 25 heavy (non-hydrogen) atoms. The molecule has 0 radical (unpaired) electrons. The summed E-state index contributed by atoms with van der Waals surface area (Å²) in [5, 5.41) is 0. The highest BCUT2D eigenvalue weighted by Crippen LogP contribution is 2.34. The van der Waals surface area contributed by atoms with Gasteiger partial charge in [0.2, 0.25) is 16.0 Å². The summed E-state index contributed by atoms with van der Waals surface area (Å²) in [6, 6.07) is 0.789. The zero-order valence-electron chi connectivity index (χ0n) is 13.6. The third-order valence-electron chi connectivity index (χ3n) is 4.69. The highest BCUT2D eigenvalue weighted by atomic mass is 32.2. The molecule has 2 aliphatic heterocycles. The number of carbonyl (C=O) groups excluding carboxylic acids is 1. The van der Waals surface area contributed by atoms with Crippen LogP contribution in [0.2, 0.25) is 0 Å². The number of likely N-dealkylation sites (tertiary alicyclic amines) is 1. The lowest BCUT2D eigenvalue weighted by atomic mass is 9.84. The Hall–Kier alpha value is -1.65. The number of amides is 1. The molecule has 10 heteroatoms. The van der Waals surface area contributed by atoms with Crippen LogP contribution >= 0.6 is 0 Å². The first-order valence-electron chi connectivity index (χ1n) is 7.91. The Bertz CT molecular complexity index is 774. The molecule has 2 aliphatic rings. The molecule has 2 fully saturated rings. The van der Waals surface area contributed by atoms with Crippen molar-refractivity contribution in [1.29, 1.82) is 0 Å². The second-order valence-electron chi connectivity index (χ2n) is 6.44. The second kappa shape index (κ2) is 6.93. The minimum absolute atomic E-state index is 0.0540. The van der Waals surface area contributed by atoms with Gasteiger partial charge in [-0.05, 0) is 12.3 Å². The molecule has 3 heterocycles. The molecule has 7 nitrogen and oxygen atoms in total. The van der Waals surface area contributed by atoms with Crippen LogP contribution in [-0.2, 0) is 14.8 Å². The highest BCUT2D eigenvalue weighted by molar-refractivity contribution is 7.88. The molecule has 2 saturated heterocycles. The van der Waals surface area contributed by atoms with E-state index in [1.165, 1.54) is 4.90 Å². The first kappa shape index (κ1) is 18.2. The Morgan fingerprint density at radius 3 is 2.96 bits per heavy atom. The molecule has 1 aromatic rings. The number of carbonyl (C=O) groups is 1. The molecular formula is C15H19F2N3O4S. The smallest absolute Gasteiger partial charge is 0.257 e. The topological polar surface area (TPSA) is 88.6 Å². The van der Waals surface area contributed by atoms with Crippen LogP contribution in [0, 0.1) is 23.6 Å². The summed E-state index contributed by atoms with van der Waals surface area (Å²) in [5.41, 5.74) is -0.351. The summed E-state index contributed by atoms with van der Waals surface area (Å²) < 4.78 is 57.6. The van der Waals surface area contributed by atoms with Crippen molar-refractivity contribution in [2.75, 3.05) is 32.5 Å². The van der Waals surface area contributed by atoms with Crippen LogP contribution < -0.4 is 4.72 Å². The quantitative estimate of drug-likeness (QED) is 0.769. The maximum atomic E-state index is 13.8. The van der Waals surface area contributed by atoms with E-state index in [2.05, 4.69) is 9.71 Å². The number of nitrogens with zero attached hydrogens (tertiary/aromatic N) is 2. The van der Waals surface area contributed by atoms with Crippen molar-refractivity contribution >= 4 is 15.9 Å². The van der Waals surface area contributed by atoms with Gasteiger partial charge in [0.05, 0.1) is 30.7 Å². The number of halogens is 2. The number of nitrogens with one attached hydrogen (secondary N) is 1. The number of hydrogen-bond acceptors (Lipinski definition) is 5. The Morgan fingerprint density at radius 2 is 2.24 bits per heavy atom. The van der Waals surface area contributed by atoms with Gasteiger partial charge in [-0.2, -0.15) is 4.39 Å². The van der Waals surface area contributed by atoms with Crippen LogP contribution in [-0.4, -0.2) is 62.8 Å². The maximum absolute atomic E-state index is 13.8. The number of hydrogen-bond donors (Lipinski definition) is 1. The van der Waals surface area contributed by atoms with Gasteiger partial charge in [-0.1, -0.05) is 0 Å². The number of pyridine rings is 1. The average Bonchev–Trinajstić information content (AvgIpc) is 2.96. The lowest BCUT2D eigenvalue weighted by Gasteiger charge is -2.36. The fourth-order valence-corrected chi connectivity index (χ4v) is 3.87. The number of sulfonamides is 1. The van der Waals surface area contributed by atoms with Gasteiger partial charge >= 0.3 is 0 Å². The van der Waals surface area contributed by atoms with E-state index >= 15 is 0 Å². The van der Waals surface area contributed by atoms with Crippen molar-refractivity contribution in [3.05, 3.63) is 29.6 Å². The molecule has 138 valence electrons. The van der Waals surface area contributed by atoms with E-state index < -0.39 is 27.7 Å². The van der Waals surface area contributed by atoms with Crippen molar-refractivity contribution in [2.24, 2.45) is 11.8 Å². The van der Waals surface area contributed by atoms with Crippen molar-refractivity contribution < 1.29 is 26.7 Å². The molecule has 1 amide bonds. The van der Waals surface area contributed by atoms with Gasteiger partial charge < -0.3 is 9.64 Å². The first-order valence-corrected chi connectivity index (χ1v) is 9.80. The summed E-state index contributed by atoms with van der Waals surface area (Å²) in [7, 11) is -3.34. The van der Waals surface area contributed by atoms with Crippen LogP contribution in [0.25, 0.3) is 0 Å². The van der Waals surface area contributed by atoms with Crippen LogP contribution in [0.1, 0.15) is 16.8 Å². The minimum Gasteiger partial charge on any atom is -0.376 e. The van der Waals surface area contributed by atoms with E-state index in [-0.39, 0.29) is 30.0 Å².